The maximum Gasteiger partial charge on any atom is 0.214 e. The van der Waals surface area contributed by atoms with Crippen LogP contribution in [-0.4, -0.2) is 53.1 Å². The third kappa shape index (κ3) is 3.49. The largest absolute Gasteiger partial charge is 0.376 e. The van der Waals surface area contributed by atoms with Crippen molar-refractivity contribution in [1.82, 2.24) is 19.3 Å². The van der Waals surface area contributed by atoms with Crippen molar-refractivity contribution in [3.63, 3.8) is 0 Å². The van der Waals surface area contributed by atoms with E-state index in [-0.39, 0.29) is 5.75 Å². The smallest absolute Gasteiger partial charge is 0.214 e. The predicted molar refractivity (Wildman–Crippen MR) is 101 cm³/mol. The Labute approximate surface area is 159 Å². The maximum atomic E-state index is 12.7. The molecule has 8 heteroatoms. The van der Waals surface area contributed by atoms with Gasteiger partial charge in [-0.2, -0.15) is 0 Å². The molecule has 144 valence electrons. The third-order valence-corrected chi connectivity index (χ3v) is 7.29. The molecule has 0 aromatic carbocycles. The molecule has 1 saturated heterocycles. The zero-order valence-corrected chi connectivity index (χ0v) is 16.3. The van der Waals surface area contributed by atoms with Crippen molar-refractivity contribution in [3.8, 4) is 11.4 Å². The lowest BCUT2D eigenvalue weighted by Gasteiger charge is -2.34. The van der Waals surface area contributed by atoms with Crippen LogP contribution in [0.25, 0.3) is 11.4 Å². The Morgan fingerprint density at radius 1 is 1.33 bits per heavy atom. The van der Waals surface area contributed by atoms with Gasteiger partial charge in [0, 0.05) is 42.8 Å². The summed E-state index contributed by atoms with van der Waals surface area (Å²) < 4.78 is 32.8. The Balaban J connectivity index is 1.67. The van der Waals surface area contributed by atoms with Gasteiger partial charge in [-0.1, -0.05) is 13.3 Å². The molecule has 0 aliphatic carbocycles. The number of ether oxygens (including phenoxy) is 1. The molecule has 0 amide bonds. The molecule has 2 aliphatic rings. The molecule has 2 aromatic heterocycles. The van der Waals surface area contributed by atoms with Gasteiger partial charge in [0.15, 0.2) is 5.82 Å². The van der Waals surface area contributed by atoms with Crippen molar-refractivity contribution in [2.24, 2.45) is 0 Å². The molecule has 1 atom stereocenters. The highest BCUT2D eigenvalue weighted by molar-refractivity contribution is 7.89. The minimum atomic E-state index is -3.24. The number of unbranched alkanes of at least 4 members (excludes halogenated alkanes) is 1. The molecule has 0 unspecified atom stereocenters. The predicted octanol–water partition coefficient (Wildman–Crippen LogP) is 2.14. The summed E-state index contributed by atoms with van der Waals surface area (Å²) in [4.78, 5) is 13.4. The fourth-order valence-corrected chi connectivity index (χ4v) is 5.59. The Hall–Kier alpha value is -1.90. The van der Waals surface area contributed by atoms with Crippen LogP contribution in [0.1, 0.15) is 37.4 Å². The van der Waals surface area contributed by atoms with Crippen molar-refractivity contribution in [1.29, 1.82) is 0 Å². The van der Waals surface area contributed by atoms with Gasteiger partial charge >= 0.3 is 0 Å². The summed E-state index contributed by atoms with van der Waals surface area (Å²) in [6.07, 6.45) is 7.53. The molecule has 4 heterocycles. The number of nitrogens with zero attached hydrogens (tertiary/aromatic N) is 4. The molecule has 0 saturated carbocycles. The van der Waals surface area contributed by atoms with E-state index >= 15 is 0 Å². The van der Waals surface area contributed by atoms with Crippen LogP contribution in [0.4, 0.5) is 0 Å². The highest BCUT2D eigenvalue weighted by Gasteiger charge is 2.47. The molecule has 2 aromatic rings. The summed E-state index contributed by atoms with van der Waals surface area (Å²) in [6.45, 7) is 3.90. The van der Waals surface area contributed by atoms with E-state index in [2.05, 4.69) is 9.97 Å². The number of hydrogen-bond donors (Lipinski definition) is 0. The first-order valence-corrected chi connectivity index (χ1v) is 11.0. The number of pyridine rings is 1. The first kappa shape index (κ1) is 18.5. The van der Waals surface area contributed by atoms with Gasteiger partial charge < -0.3 is 4.74 Å². The second-order valence-corrected chi connectivity index (χ2v) is 9.42. The highest BCUT2D eigenvalue weighted by Crippen LogP contribution is 2.40. The topological polar surface area (TPSA) is 85.3 Å². The fourth-order valence-electron chi connectivity index (χ4n) is 3.87. The van der Waals surface area contributed by atoms with Gasteiger partial charge in [-0.3, -0.25) is 4.98 Å². The Bertz CT molecular complexity index is 920. The lowest BCUT2D eigenvalue weighted by atomic mass is 9.80. The molecular formula is C19H24N4O3S. The highest BCUT2D eigenvalue weighted by atomic mass is 32.2. The minimum absolute atomic E-state index is 0.206. The van der Waals surface area contributed by atoms with Gasteiger partial charge in [0.25, 0.3) is 0 Å². The Morgan fingerprint density at radius 2 is 2.22 bits per heavy atom. The third-order valence-electron chi connectivity index (χ3n) is 5.39. The number of fused-ring (bicyclic) bond motifs is 2. The molecule has 1 fully saturated rings. The van der Waals surface area contributed by atoms with Crippen molar-refractivity contribution < 1.29 is 13.2 Å². The van der Waals surface area contributed by atoms with Gasteiger partial charge in [0.1, 0.15) is 0 Å². The van der Waals surface area contributed by atoms with Gasteiger partial charge in [-0.05, 0) is 25.0 Å². The van der Waals surface area contributed by atoms with Crippen molar-refractivity contribution in [2.45, 2.75) is 38.2 Å². The molecule has 0 radical (unpaired) electrons. The lowest BCUT2D eigenvalue weighted by molar-refractivity contribution is 0.0531. The summed E-state index contributed by atoms with van der Waals surface area (Å²) in [5, 5.41) is 0. The van der Waals surface area contributed by atoms with E-state index in [9.17, 15) is 8.42 Å². The summed E-state index contributed by atoms with van der Waals surface area (Å²) in [5.74, 6) is 0.827. The van der Waals surface area contributed by atoms with Gasteiger partial charge in [0.05, 0.1) is 30.1 Å². The number of rotatable bonds is 5. The zero-order chi connectivity index (χ0) is 18.9. The molecule has 1 spiro atoms. The Morgan fingerprint density at radius 3 is 3.00 bits per heavy atom. The maximum absolute atomic E-state index is 12.7. The molecule has 7 nitrogen and oxygen atoms in total. The van der Waals surface area contributed by atoms with Crippen LogP contribution in [0.2, 0.25) is 0 Å². The van der Waals surface area contributed by atoms with Crippen LogP contribution in [0.5, 0.6) is 0 Å². The van der Waals surface area contributed by atoms with E-state index in [1.807, 2.05) is 19.1 Å². The lowest BCUT2D eigenvalue weighted by Crippen LogP contribution is -2.42. The second-order valence-electron chi connectivity index (χ2n) is 7.34. The average Bonchev–Trinajstić information content (AvgIpc) is 3.13. The van der Waals surface area contributed by atoms with Crippen LogP contribution in [-0.2, 0) is 26.8 Å². The summed E-state index contributed by atoms with van der Waals surface area (Å²) in [6, 6.07) is 3.78. The van der Waals surface area contributed by atoms with Crippen LogP contribution in [0.15, 0.2) is 30.7 Å². The molecule has 2 aliphatic heterocycles. The standard InChI is InChI=1S/C19H24N4O3S/c1-2-3-9-27(24,25)23-8-6-19(13-23)14-26-12-16-11-21-18(22-17(16)19)15-5-4-7-20-10-15/h4-5,7,10-11H,2-3,6,8-9,12-14H2,1H3/t19-/m1/s1. The van der Waals surface area contributed by atoms with Crippen molar-refractivity contribution >= 4 is 10.0 Å². The first-order valence-electron chi connectivity index (χ1n) is 9.36. The molecule has 27 heavy (non-hydrogen) atoms. The van der Waals surface area contributed by atoms with E-state index in [4.69, 9.17) is 9.72 Å². The van der Waals surface area contributed by atoms with Crippen LogP contribution in [0.3, 0.4) is 0 Å². The van der Waals surface area contributed by atoms with E-state index in [0.717, 1.165) is 29.7 Å². The van der Waals surface area contributed by atoms with Gasteiger partial charge in [-0.15, -0.1) is 0 Å². The normalized spacial score (nSPS) is 22.9. The van der Waals surface area contributed by atoms with Crippen molar-refractivity contribution in [2.75, 3.05) is 25.4 Å². The zero-order valence-electron chi connectivity index (χ0n) is 15.5. The number of aromatic nitrogens is 3. The van der Waals surface area contributed by atoms with Crippen LogP contribution in [0, 0.1) is 0 Å². The minimum Gasteiger partial charge on any atom is -0.376 e. The Kier molecular flexibility index (Phi) is 4.96. The SMILES string of the molecule is CCCCS(=O)(=O)N1CC[C@]2(COCc3cnc(-c4cccnc4)nc32)C1. The van der Waals surface area contributed by atoms with Crippen LogP contribution < -0.4 is 0 Å². The van der Waals surface area contributed by atoms with E-state index in [0.29, 0.717) is 38.5 Å². The quantitative estimate of drug-likeness (QED) is 0.780. The molecule has 0 bridgehead atoms. The summed E-state index contributed by atoms with van der Waals surface area (Å²) in [5.41, 5.74) is 2.33. The van der Waals surface area contributed by atoms with Gasteiger partial charge in [0.2, 0.25) is 10.0 Å². The second kappa shape index (κ2) is 7.26. The number of sulfonamides is 1. The average molecular weight is 388 g/mol. The summed E-state index contributed by atoms with van der Waals surface area (Å²) in [7, 11) is -3.24. The van der Waals surface area contributed by atoms with E-state index in [1.54, 1.807) is 22.9 Å². The first-order chi connectivity index (χ1) is 13.0. The molecule has 4 rings (SSSR count). The number of hydrogen-bond acceptors (Lipinski definition) is 6. The van der Waals surface area contributed by atoms with E-state index in [1.165, 1.54) is 0 Å². The summed E-state index contributed by atoms with van der Waals surface area (Å²) >= 11 is 0. The van der Waals surface area contributed by atoms with Crippen LogP contribution >= 0.6 is 0 Å². The van der Waals surface area contributed by atoms with E-state index < -0.39 is 15.4 Å². The van der Waals surface area contributed by atoms with Gasteiger partial charge in [-0.25, -0.2) is 22.7 Å². The monoisotopic (exact) mass is 388 g/mol. The fraction of sp³-hybridized carbons (Fsp3) is 0.526. The molecule has 0 N–H and O–H groups in total. The molecular weight excluding hydrogens is 364 g/mol. The van der Waals surface area contributed by atoms with Crippen molar-refractivity contribution in [3.05, 3.63) is 42.0 Å².